The number of anilines is 1. The molecule has 348 valence electrons. The number of guanidine groups is 1. The second-order valence-electron chi connectivity index (χ2n) is 16.3. The van der Waals surface area contributed by atoms with Crippen molar-refractivity contribution in [3.8, 4) is 0 Å². The molecule has 3 fully saturated rings. The van der Waals surface area contributed by atoms with Crippen LogP contribution in [0.25, 0.3) is 0 Å². The number of ketones is 3. The van der Waals surface area contributed by atoms with Gasteiger partial charge < -0.3 is 36.1 Å². The molecule has 64 heavy (non-hydrogen) atoms. The van der Waals surface area contributed by atoms with Crippen molar-refractivity contribution in [3.05, 3.63) is 72.1 Å². The molecule has 3 aromatic rings. The van der Waals surface area contributed by atoms with E-state index in [4.69, 9.17) is 36.1 Å². The minimum Gasteiger partial charge on any atom is -0.444 e. The number of pyridine rings is 3. The van der Waals surface area contributed by atoms with Crippen LogP contribution in [0.1, 0.15) is 44.8 Å². The summed E-state index contributed by atoms with van der Waals surface area (Å²) in [4.78, 5) is 74.7. The van der Waals surface area contributed by atoms with E-state index >= 15 is 0 Å². The van der Waals surface area contributed by atoms with Gasteiger partial charge >= 0.3 is 6.09 Å². The number of ether oxygens (including phenoxy) is 4. The van der Waals surface area contributed by atoms with Gasteiger partial charge in [0.2, 0.25) is 0 Å². The quantitative estimate of drug-likeness (QED) is 0.132. The zero-order valence-corrected chi connectivity index (χ0v) is 37.5. The number of Topliss-reactive ketones (excluding diaryl/α,β-unsaturated/α-hetero) is 3. The van der Waals surface area contributed by atoms with E-state index in [1.165, 1.54) is 0 Å². The number of morpholine rings is 3. The summed E-state index contributed by atoms with van der Waals surface area (Å²) < 4.78 is 20.9. The molecule has 0 atom stereocenters. The predicted molar refractivity (Wildman–Crippen MR) is 243 cm³/mol. The highest BCUT2D eigenvalue weighted by molar-refractivity contribution is 5.95. The van der Waals surface area contributed by atoms with Crippen molar-refractivity contribution in [3.63, 3.8) is 0 Å². The summed E-state index contributed by atoms with van der Waals surface area (Å²) in [5.74, 6) is 0.853. The molecule has 6 rings (SSSR count). The maximum absolute atomic E-state index is 12.2. The maximum atomic E-state index is 12.2. The van der Waals surface area contributed by atoms with Gasteiger partial charge in [0, 0.05) is 56.4 Å². The number of carbonyl (C=O) groups is 4. The van der Waals surface area contributed by atoms with Crippen LogP contribution in [-0.2, 0) is 52.6 Å². The maximum Gasteiger partial charge on any atom is 0.413 e. The van der Waals surface area contributed by atoms with Crippen LogP contribution in [0.5, 0.6) is 0 Å². The van der Waals surface area contributed by atoms with Crippen LogP contribution in [0.2, 0.25) is 0 Å². The minimum absolute atomic E-state index is 0.0112. The first-order valence-corrected chi connectivity index (χ1v) is 21.3. The topological polar surface area (TPSA) is 268 Å². The zero-order chi connectivity index (χ0) is 46.3. The van der Waals surface area contributed by atoms with Crippen LogP contribution in [0.4, 0.5) is 21.9 Å². The van der Waals surface area contributed by atoms with E-state index in [1.54, 1.807) is 82.7 Å². The summed E-state index contributed by atoms with van der Waals surface area (Å²) >= 11 is 0. The van der Waals surface area contributed by atoms with Crippen molar-refractivity contribution in [2.24, 2.45) is 21.5 Å². The Morgan fingerprint density at radius 3 is 1.33 bits per heavy atom. The van der Waals surface area contributed by atoms with Crippen LogP contribution in [-0.4, -0.2) is 169 Å². The summed E-state index contributed by atoms with van der Waals surface area (Å²) in [5.41, 5.74) is 19.5. The van der Waals surface area contributed by atoms with Gasteiger partial charge in [0.15, 0.2) is 23.3 Å². The number of alkyl carbamates (subject to hydrolysis) is 1. The zero-order valence-electron chi connectivity index (χ0n) is 37.5. The van der Waals surface area contributed by atoms with Gasteiger partial charge in [-0.3, -0.25) is 49.4 Å². The molecule has 1 amide bonds. The van der Waals surface area contributed by atoms with Gasteiger partial charge in [0.1, 0.15) is 11.4 Å². The smallest absolute Gasteiger partial charge is 0.413 e. The Balaban J connectivity index is 0.000000217. The lowest BCUT2D eigenvalue weighted by Crippen LogP contribution is -2.40. The van der Waals surface area contributed by atoms with Gasteiger partial charge in [-0.25, -0.2) is 14.8 Å². The molecule has 0 saturated carbocycles. The number of rotatable bonds is 14. The van der Waals surface area contributed by atoms with Gasteiger partial charge in [-0.2, -0.15) is 0 Å². The molecule has 0 radical (unpaired) electrons. The Morgan fingerprint density at radius 2 is 1.00 bits per heavy atom. The fourth-order valence-corrected chi connectivity index (χ4v) is 6.34. The van der Waals surface area contributed by atoms with Crippen LogP contribution in [0.3, 0.4) is 0 Å². The highest BCUT2D eigenvalue weighted by Crippen LogP contribution is 2.13. The number of amides is 1. The normalized spacial score (nSPS) is 16.2. The Kier molecular flexibility index (Phi) is 21.3. The van der Waals surface area contributed by atoms with Crippen molar-refractivity contribution >= 4 is 52.3 Å². The molecule has 0 aromatic carbocycles. The first-order valence-electron chi connectivity index (χ1n) is 21.3. The van der Waals surface area contributed by atoms with Crippen molar-refractivity contribution in [1.29, 1.82) is 0 Å². The average Bonchev–Trinajstić information content (AvgIpc) is 3.24. The number of nitrogen functional groups attached to an aromatic ring is 1. The third-order valence-electron chi connectivity index (χ3n) is 9.35. The van der Waals surface area contributed by atoms with E-state index in [2.05, 4.69) is 45.0 Å². The van der Waals surface area contributed by atoms with Crippen LogP contribution in [0, 0.1) is 0 Å². The summed E-state index contributed by atoms with van der Waals surface area (Å²) in [5, 5.41) is 2.57. The fraction of sp³-hybridized carbons (Fsp3) is 0.523. The molecule has 3 aliphatic heterocycles. The first-order chi connectivity index (χ1) is 30.6. The number of aromatic nitrogens is 3. The second kappa shape index (κ2) is 26.8. The van der Waals surface area contributed by atoms with E-state index in [1.807, 2.05) is 0 Å². The Morgan fingerprint density at radius 1 is 0.625 bits per heavy atom. The first kappa shape index (κ1) is 50.9. The Labute approximate surface area is 375 Å². The SMILES string of the molecule is CC(=Nc1ccc(CC(=O)CN2CCOCC2)nc1)NC(=O)OC(C)(C)C.NC(N)=Nc1ccc(CC(=O)CN2CCOCC2)nc1.Nc1ccc(CC(=O)CN2CCOCC2)nc1. The summed E-state index contributed by atoms with van der Waals surface area (Å²) in [6, 6.07) is 10.6. The lowest BCUT2D eigenvalue weighted by molar-refractivity contribution is -0.121. The van der Waals surface area contributed by atoms with Crippen LogP contribution in [0.15, 0.2) is 65.0 Å². The number of nitrogens with zero attached hydrogens (tertiary/aromatic N) is 8. The van der Waals surface area contributed by atoms with E-state index in [0.29, 0.717) is 101 Å². The van der Waals surface area contributed by atoms with E-state index in [-0.39, 0.29) is 29.7 Å². The molecular formula is C44H64N12O8. The molecule has 0 aliphatic carbocycles. The average molecular weight is 889 g/mol. The van der Waals surface area contributed by atoms with Crippen molar-refractivity contribution in [2.75, 3.05) is 104 Å². The molecule has 6 heterocycles. The van der Waals surface area contributed by atoms with Crippen molar-refractivity contribution < 1.29 is 38.1 Å². The Bertz CT molecular complexity index is 1970. The van der Waals surface area contributed by atoms with E-state index < -0.39 is 11.7 Å². The third-order valence-corrected chi connectivity index (χ3v) is 9.35. The molecule has 0 unspecified atom stereocenters. The van der Waals surface area contributed by atoms with E-state index in [9.17, 15) is 19.2 Å². The molecular weight excluding hydrogens is 825 g/mol. The number of hydrogen-bond acceptors (Lipinski definition) is 17. The number of nitrogens with two attached hydrogens (primary N) is 3. The predicted octanol–water partition coefficient (Wildman–Crippen LogP) is 1.64. The monoisotopic (exact) mass is 888 g/mol. The van der Waals surface area contributed by atoms with Gasteiger partial charge in [-0.15, -0.1) is 0 Å². The van der Waals surface area contributed by atoms with Gasteiger partial charge in [-0.05, 0) is 64.1 Å². The van der Waals surface area contributed by atoms with Gasteiger partial charge in [0.05, 0.1) is 114 Å². The van der Waals surface area contributed by atoms with Crippen LogP contribution >= 0.6 is 0 Å². The third kappa shape index (κ3) is 21.5. The molecule has 3 aliphatic rings. The summed E-state index contributed by atoms with van der Waals surface area (Å²) in [7, 11) is 0. The highest BCUT2D eigenvalue weighted by Gasteiger charge is 2.18. The molecule has 3 aromatic heterocycles. The van der Waals surface area contributed by atoms with Crippen molar-refractivity contribution in [2.45, 2.75) is 52.6 Å². The van der Waals surface area contributed by atoms with Gasteiger partial charge in [0.25, 0.3) is 0 Å². The number of carbonyl (C=O) groups excluding carboxylic acids is 4. The number of aliphatic imine (C=N–C) groups is 2. The van der Waals surface area contributed by atoms with E-state index in [0.717, 1.165) is 50.7 Å². The standard InChI is InChI=1S/C19H28N4O4.C13H19N5O2.C12H17N3O2/c1-14(22-18(25)27-19(2,3)4)21-16-6-5-15(20-12-16)11-17(24)13-23-7-9-26-10-8-23;14-13(15)17-11-2-1-10(16-8-11)7-12(19)9-18-3-5-20-6-4-18;13-10-1-2-11(14-8-10)7-12(16)9-15-3-5-17-6-4-15/h5-6,12H,7-11,13H2,1-4H3,(H,21,22,25);1-2,8H,3-7,9H2,(H4,14,15,17);1-2,8H,3-7,9,13H2. The minimum atomic E-state index is -0.568. The molecule has 20 nitrogen and oxygen atoms in total. The fourth-order valence-electron chi connectivity index (χ4n) is 6.34. The molecule has 0 bridgehead atoms. The molecule has 3 saturated heterocycles. The molecule has 20 heteroatoms. The second-order valence-corrected chi connectivity index (χ2v) is 16.3. The van der Waals surface area contributed by atoms with Crippen LogP contribution < -0.4 is 22.5 Å². The summed E-state index contributed by atoms with van der Waals surface area (Å²) in [6.45, 7) is 17.4. The number of amidine groups is 1. The van der Waals surface area contributed by atoms with Gasteiger partial charge in [-0.1, -0.05) is 0 Å². The molecule has 7 N–H and O–H groups in total. The number of hydrogen-bond donors (Lipinski definition) is 4. The summed E-state index contributed by atoms with van der Waals surface area (Å²) in [6.07, 6.45) is 5.14. The lowest BCUT2D eigenvalue weighted by atomic mass is 10.2. The molecule has 0 spiro atoms. The lowest BCUT2D eigenvalue weighted by Gasteiger charge is -2.25. The Hall–Kier alpha value is -5.77. The van der Waals surface area contributed by atoms with Crippen molar-refractivity contribution in [1.82, 2.24) is 35.0 Å². The largest absolute Gasteiger partial charge is 0.444 e. The number of nitrogens with one attached hydrogen (secondary N) is 1. The highest BCUT2D eigenvalue weighted by atomic mass is 16.6.